The highest BCUT2D eigenvalue weighted by atomic mass is 19.1. The third kappa shape index (κ3) is 3.03. The number of methoxy groups -OCH3 is 2. The average Bonchev–Trinajstić information content (AvgIpc) is 3.28. The molecule has 1 aliphatic rings. The second-order valence-corrected chi connectivity index (χ2v) is 6.46. The highest BCUT2D eigenvalue weighted by Gasteiger charge is 2.40. The van der Waals surface area contributed by atoms with Gasteiger partial charge in [-0.05, 0) is 0 Å². The molecule has 3 heterocycles. The van der Waals surface area contributed by atoms with Crippen LogP contribution in [0.4, 0.5) is 25.0 Å². The Morgan fingerprint density at radius 1 is 1.19 bits per heavy atom. The van der Waals surface area contributed by atoms with Crippen LogP contribution in [0.25, 0.3) is 11.0 Å². The second-order valence-electron chi connectivity index (χ2n) is 6.46. The number of halogens is 2. The highest BCUT2D eigenvalue weighted by Crippen LogP contribution is 2.42. The van der Waals surface area contributed by atoms with Crippen LogP contribution >= 0.6 is 0 Å². The lowest BCUT2D eigenvalue weighted by molar-refractivity contribution is 0.252. The Morgan fingerprint density at radius 2 is 1.88 bits per heavy atom. The summed E-state index contributed by atoms with van der Waals surface area (Å²) in [6, 6.07) is 0.152. The van der Waals surface area contributed by atoms with Gasteiger partial charge in [0.1, 0.15) is 5.69 Å². The second kappa shape index (κ2) is 8.05. The van der Waals surface area contributed by atoms with Crippen molar-refractivity contribution in [2.24, 2.45) is 21.2 Å². The van der Waals surface area contributed by atoms with Gasteiger partial charge in [0.2, 0.25) is 0 Å². The van der Waals surface area contributed by atoms with E-state index in [0.717, 1.165) is 15.9 Å². The summed E-state index contributed by atoms with van der Waals surface area (Å²) in [5, 5.41) is 18.0. The van der Waals surface area contributed by atoms with Gasteiger partial charge in [0.05, 0.1) is 38.0 Å². The normalized spacial score (nSPS) is 14.4. The molecule has 12 nitrogen and oxygen atoms in total. The molecule has 0 saturated carbocycles. The van der Waals surface area contributed by atoms with E-state index in [1.54, 1.807) is 0 Å². The lowest BCUT2D eigenvalue weighted by Crippen LogP contribution is -2.50. The molecular weight excluding hydrogens is 428 g/mol. The standard InChI is InChI=1S/C18H17F2N9O3/c1-22-27-17(25-21)29-14-8(5-23-16-9(14)6-24-26-16)7-28(18(29)30)15-12(19)10(31-2)4-11(32-3)13(15)20/h4-6H,7,21H2,1-3H3,(H,23,24,26)/b25-17+,27-22?. The molecule has 1 aromatic carbocycles. The summed E-state index contributed by atoms with van der Waals surface area (Å²) in [4.78, 5) is 19.7. The Labute approximate surface area is 179 Å². The van der Waals surface area contributed by atoms with Crippen molar-refractivity contribution in [3.8, 4) is 11.5 Å². The van der Waals surface area contributed by atoms with Crippen molar-refractivity contribution in [2.75, 3.05) is 31.1 Å². The minimum absolute atomic E-state index is 0.232. The summed E-state index contributed by atoms with van der Waals surface area (Å²) in [7, 11) is 3.77. The molecule has 0 radical (unpaired) electrons. The molecule has 0 saturated heterocycles. The molecule has 0 aliphatic carbocycles. The summed E-state index contributed by atoms with van der Waals surface area (Å²) >= 11 is 0. The zero-order valence-electron chi connectivity index (χ0n) is 17.1. The van der Waals surface area contributed by atoms with E-state index in [1.807, 2.05) is 0 Å². The molecule has 3 aromatic rings. The molecular formula is C18H17F2N9O3. The number of fused-ring (bicyclic) bond motifs is 3. The van der Waals surface area contributed by atoms with E-state index in [9.17, 15) is 4.79 Å². The number of H-pyrrole nitrogens is 1. The van der Waals surface area contributed by atoms with Gasteiger partial charge in [0.25, 0.3) is 5.96 Å². The van der Waals surface area contributed by atoms with E-state index in [-0.39, 0.29) is 24.0 Å². The van der Waals surface area contributed by atoms with E-state index in [0.29, 0.717) is 22.3 Å². The zero-order chi connectivity index (χ0) is 23.0. The van der Waals surface area contributed by atoms with Crippen LogP contribution in [0.15, 0.2) is 33.8 Å². The number of hydrazone groups is 1. The first-order chi connectivity index (χ1) is 15.5. The van der Waals surface area contributed by atoms with Crippen molar-refractivity contribution >= 4 is 34.4 Å². The third-order valence-electron chi connectivity index (χ3n) is 4.83. The molecule has 0 unspecified atom stereocenters. The fourth-order valence-corrected chi connectivity index (χ4v) is 3.45. The maximum atomic E-state index is 15.2. The molecule has 0 spiro atoms. The number of carbonyl (C=O) groups excluding carboxylic acids is 1. The van der Waals surface area contributed by atoms with E-state index in [2.05, 4.69) is 30.5 Å². The quantitative estimate of drug-likeness (QED) is 0.208. The van der Waals surface area contributed by atoms with Crippen molar-refractivity contribution in [3.63, 3.8) is 0 Å². The number of urea groups is 1. The number of amides is 2. The fraction of sp³-hybridized carbons (Fsp3) is 0.222. The fourth-order valence-electron chi connectivity index (χ4n) is 3.45. The number of carbonyl (C=O) groups is 1. The molecule has 4 rings (SSSR count). The SMILES string of the molecule is CN=N/C(=N\N)N1C(=O)N(c2c(F)c(OC)cc(OC)c2F)Cc2cnc3[nH]ncc3c21. The first kappa shape index (κ1) is 20.9. The number of pyridine rings is 1. The zero-order valence-corrected chi connectivity index (χ0v) is 17.1. The Balaban J connectivity index is 2.00. The van der Waals surface area contributed by atoms with Crippen LogP contribution in [0, 0.1) is 11.6 Å². The van der Waals surface area contributed by atoms with Gasteiger partial charge >= 0.3 is 6.03 Å². The van der Waals surface area contributed by atoms with Gasteiger partial charge in [-0.1, -0.05) is 0 Å². The van der Waals surface area contributed by atoms with Crippen LogP contribution in [-0.4, -0.2) is 48.4 Å². The maximum absolute atomic E-state index is 15.2. The lowest BCUT2D eigenvalue weighted by atomic mass is 10.1. The van der Waals surface area contributed by atoms with E-state index >= 15 is 8.78 Å². The molecule has 3 N–H and O–H groups in total. The first-order valence-electron chi connectivity index (χ1n) is 9.07. The summed E-state index contributed by atoms with van der Waals surface area (Å²) in [5.41, 5.74) is 0.419. The van der Waals surface area contributed by atoms with E-state index in [1.165, 1.54) is 33.7 Å². The van der Waals surface area contributed by atoms with Crippen molar-refractivity contribution in [3.05, 3.63) is 35.7 Å². The van der Waals surface area contributed by atoms with Gasteiger partial charge in [-0.3, -0.25) is 10.00 Å². The van der Waals surface area contributed by atoms with Gasteiger partial charge in [-0.15, -0.1) is 10.2 Å². The van der Waals surface area contributed by atoms with Crippen LogP contribution in [0.3, 0.4) is 0 Å². The first-order valence-corrected chi connectivity index (χ1v) is 9.07. The van der Waals surface area contributed by atoms with Gasteiger partial charge < -0.3 is 15.3 Å². The van der Waals surface area contributed by atoms with Gasteiger partial charge in [0.15, 0.2) is 28.8 Å². The number of ether oxygens (including phenoxy) is 2. The number of nitrogens with two attached hydrogens (primary N) is 1. The predicted octanol–water partition coefficient (Wildman–Crippen LogP) is 2.51. The number of hydrogen-bond acceptors (Lipinski definition) is 8. The summed E-state index contributed by atoms with van der Waals surface area (Å²) in [6.07, 6.45) is 2.89. The molecule has 2 amide bonds. The Kier molecular flexibility index (Phi) is 5.26. The number of nitrogens with one attached hydrogen (secondary N) is 1. The minimum Gasteiger partial charge on any atom is -0.493 e. The van der Waals surface area contributed by atoms with Gasteiger partial charge in [0, 0.05) is 24.9 Å². The summed E-state index contributed by atoms with van der Waals surface area (Å²) in [6.45, 7) is -0.232. The minimum atomic E-state index is -1.09. The largest absolute Gasteiger partial charge is 0.493 e. The smallest absolute Gasteiger partial charge is 0.336 e. The van der Waals surface area contributed by atoms with Crippen molar-refractivity contribution in [1.29, 1.82) is 0 Å². The topological polar surface area (TPSA) is 147 Å². The Bertz CT molecular complexity index is 1250. The number of anilines is 2. The Hall–Kier alpha value is -4.36. The van der Waals surface area contributed by atoms with Crippen LogP contribution in [0.1, 0.15) is 5.56 Å². The van der Waals surface area contributed by atoms with Gasteiger partial charge in [-0.25, -0.2) is 23.5 Å². The van der Waals surface area contributed by atoms with E-state index in [4.69, 9.17) is 15.3 Å². The molecule has 166 valence electrons. The maximum Gasteiger partial charge on any atom is 0.336 e. The number of hydrogen-bond donors (Lipinski definition) is 2. The molecule has 0 atom stereocenters. The van der Waals surface area contributed by atoms with Crippen LogP contribution in [-0.2, 0) is 6.54 Å². The lowest BCUT2D eigenvalue weighted by Gasteiger charge is -2.36. The molecule has 14 heteroatoms. The number of aromatic amines is 1. The van der Waals surface area contributed by atoms with Crippen molar-refractivity contribution in [1.82, 2.24) is 15.2 Å². The number of aromatic nitrogens is 3. The van der Waals surface area contributed by atoms with Gasteiger partial charge in [-0.2, -0.15) is 10.2 Å². The number of benzene rings is 1. The van der Waals surface area contributed by atoms with Crippen molar-refractivity contribution < 1.29 is 23.0 Å². The van der Waals surface area contributed by atoms with E-state index < -0.39 is 23.4 Å². The number of guanidine groups is 1. The molecule has 0 bridgehead atoms. The predicted molar refractivity (Wildman–Crippen MR) is 110 cm³/mol. The summed E-state index contributed by atoms with van der Waals surface area (Å²) in [5.74, 6) is 2.33. The summed E-state index contributed by atoms with van der Waals surface area (Å²) < 4.78 is 40.3. The van der Waals surface area contributed by atoms with Crippen molar-refractivity contribution in [2.45, 2.75) is 6.54 Å². The van der Waals surface area contributed by atoms with Crippen LogP contribution < -0.4 is 25.1 Å². The number of azo groups is 1. The molecule has 2 aromatic heterocycles. The Morgan fingerprint density at radius 3 is 2.47 bits per heavy atom. The number of nitrogens with zero attached hydrogens (tertiary/aromatic N) is 7. The van der Waals surface area contributed by atoms with Crippen LogP contribution in [0.5, 0.6) is 11.5 Å². The average molecular weight is 445 g/mol. The monoisotopic (exact) mass is 445 g/mol. The highest BCUT2D eigenvalue weighted by molar-refractivity contribution is 6.25. The molecule has 32 heavy (non-hydrogen) atoms. The molecule has 0 fully saturated rings. The van der Waals surface area contributed by atoms with Crippen LogP contribution in [0.2, 0.25) is 0 Å². The number of rotatable bonds is 3. The molecule has 1 aliphatic heterocycles. The third-order valence-corrected chi connectivity index (χ3v) is 4.83.